The summed E-state index contributed by atoms with van der Waals surface area (Å²) in [5.74, 6) is 1.32. The van der Waals surface area contributed by atoms with Gasteiger partial charge in [0.25, 0.3) is 0 Å². The van der Waals surface area contributed by atoms with Gasteiger partial charge in [-0.3, -0.25) is 9.48 Å². The number of nitrogens with two attached hydrogens (primary N) is 1. The number of benzene rings is 1. The summed E-state index contributed by atoms with van der Waals surface area (Å²) in [5, 5.41) is 8.87. The maximum absolute atomic E-state index is 12.9. The van der Waals surface area contributed by atoms with Crippen LogP contribution in [0.4, 0.5) is 11.6 Å². The lowest BCUT2D eigenvalue weighted by molar-refractivity contribution is -0.117. The molecule has 0 bridgehead atoms. The van der Waals surface area contributed by atoms with E-state index in [1.54, 1.807) is 10.9 Å². The number of hydrogen-bond donors (Lipinski definition) is 2. The molecule has 0 unspecified atom stereocenters. The first-order valence-electron chi connectivity index (χ1n) is 10.3. The lowest BCUT2D eigenvalue weighted by Gasteiger charge is -2.10. The molecule has 1 aliphatic rings. The summed E-state index contributed by atoms with van der Waals surface area (Å²) in [6, 6.07) is 11.9. The maximum atomic E-state index is 12.9. The molecule has 31 heavy (non-hydrogen) atoms. The molecule has 1 aliphatic carbocycles. The SMILES string of the molecule is Cc1ccccc1-c1cc2cc(NC(=O)[C@@H]3[C@@H](C)[C@H]3c3cnn(C)c3)ncc2c(N)n1. The van der Waals surface area contributed by atoms with Gasteiger partial charge in [0.05, 0.1) is 11.9 Å². The number of amides is 1. The summed E-state index contributed by atoms with van der Waals surface area (Å²) in [7, 11) is 1.89. The van der Waals surface area contributed by atoms with Crippen molar-refractivity contribution in [3.05, 3.63) is 66.1 Å². The molecule has 7 nitrogen and oxygen atoms in total. The number of pyridine rings is 2. The van der Waals surface area contributed by atoms with Gasteiger partial charge in [-0.15, -0.1) is 0 Å². The van der Waals surface area contributed by atoms with Gasteiger partial charge in [0.2, 0.25) is 5.91 Å². The first kappa shape index (κ1) is 19.2. The van der Waals surface area contributed by atoms with E-state index in [1.807, 2.05) is 62.8 Å². The Morgan fingerprint density at radius 3 is 2.74 bits per heavy atom. The largest absolute Gasteiger partial charge is 0.383 e. The molecule has 7 heteroatoms. The summed E-state index contributed by atoms with van der Waals surface area (Å²) in [4.78, 5) is 21.9. The van der Waals surface area contributed by atoms with Crippen LogP contribution in [0.5, 0.6) is 0 Å². The van der Waals surface area contributed by atoms with Crippen LogP contribution < -0.4 is 11.1 Å². The average Bonchev–Trinajstić information content (AvgIpc) is 3.22. The molecule has 1 amide bonds. The van der Waals surface area contributed by atoms with Gasteiger partial charge in [0, 0.05) is 42.2 Å². The molecule has 3 N–H and O–H groups in total. The van der Waals surface area contributed by atoms with E-state index in [9.17, 15) is 4.79 Å². The predicted molar refractivity (Wildman–Crippen MR) is 121 cm³/mol. The second-order valence-corrected chi connectivity index (χ2v) is 8.35. The van der Waals surface area contributed by atoms with E-state index in [0.717, 1.165) is 33.2 Å². The Morgan fingerprint density at radius 1 is 1.19 bits per heavy atom. The van der Waals surface area contributed by atoms with Crippen molar-refractivity contribution in [3.8, 4) is 11.3 Å². The highest BCUT2D eigenvalue weighted by Gasteiger charge is 2.52. The van der Waals surface area contributed by atoms with Gasteiger partial charge in [0.1, 0.15) is 11.6 Å². The number of nitrogens with zero attached hydrogens (tertiary/aromatic N) is 4. The van der Waals surface area contributed by atoms with Gasteiger partial charge >= 0.3 is 0 Å². The highest BCUT2D eigenvalue weighted by Crippen LogP contribution is 2.54. The van der Waals surface area contributed by atoms with Crippen LogP contribution in [0.15, 0.2) is 55.0 Å². The van der Waals surface area contributed by atoms with Crippen LogP contribution in [0.3, 0.4) is 0 Å². The van der Waals surface area contributed by atoms with Crippen LogP contribution in [0.25, 0.3) is 22.0 Å². The van der Waals surface area contributed by atoms with Crippen LogP contribution in [-0.4, -0.2) is 25.7 Å². The smallest absolute Gasteiger partial charge is 0.229 e. The van der Waals surface area contributed by atoms with Crippen LogP contribution >= 0.6 is 0 Å². The molecule has 3 heterocycles. The summed E-state index contributed by atoms with van der Waals surface area (Å²) < 4.78 is 1.77. The number of anilines is 2. The average molecular weight is 412 g/mol. The fourth-order valence-corrected chi connectivity index (χ4v) is 4.44. The zero-order valence-corrected chi connectivity index (χ0v) is 17.7. The van der Waals surface area contributed by atoms with Crippen molar-refractivity contribution in [2.45, 2.75) is 19.8 Å². The normalized spacial score (nSPS) is 20.0. The van der Waals surface area contributed by atoms with Crippen molar-refractivity contribution in [2.75, 3.05) is 11.1 Å². The lowest BCUT2D eigenvalue weighted by Crippen LogP contribution is -2.16. The molecule has 1 fully saturated rings. The van der Waals surface area contributed by atoms with E-state index in [0.29, 0.717) is 11.6 Å². The standard InChI is InChI=1S/C24H24N6O/c1-13-6-4-5-7-17(13)19-8-15-9-20(26-11-18(15)23(25)28-19)29-24(31)22-14(2)21(22)16-10-27-30(3)12-16/h4-12,14,21-22H,1-3H3,(H2,25,28)(H,26,29,31)/t14-,21-,22+/m0/s1. The van der Waals surface area contributed by atoms with Crippen molar-refractivity contribution in [3.63, 3.8) is 0 Å². The van der Waals surface area contributed by atoms with Gasteiger partial charge in [-0.1, -0.05) is 31.2 Å². The summed E-state index contributed by atoms with van der Waals surface area (Å²) in [5.41, 5.74) is 10.3. The molecule has 3 atom stereocenters. The second-order valence-electron chi connectivity index (χ2n) is 8.35. The minimum atomic E-state index is -0.0771. The van der Waals surface area contributed by atoms with Gasteiger partial charge in [-0.25, -0.2) is 9.97 Å². The predicted octanol–water partition coefficient (Wildman–Crippen LogP) is 3.91. The van der Waals surface area contributed by atoms with Crippen molar-refractivity contribution >= 4 is 28.3 Å². The fourth-order valence-electron chi connectivity index (χ4n) is 4.44. The Morgan fingerprint density at radius 2 is 2.00 bits per heavy atom. The number of fused-ring (bicyclic) bond motifs is 1. The van der Waals surface area contributed by atoms with Crippen molar-refractivity contribution < 1.29 is 4.79 Å². The summed E-state index contributed by atoms with van der Waals surface area (Å²) in [6.07, 6.45) is 5.49. The van der Waals surface area contributed by atoms with E-state index >= 15 is 0 Å². The monoisotopic (exact) mass is 412 g/mol. The van der Waals surface area contributed by atoms with Crippen molar-refractivity contribution in [2.24, 2.45) is 18.9 Å². The molecule has 0 saturated heterocycles. The molecule has 1 saturated carbocycles. The van der Waals surface area contributed by atoms with Crippen LogP contribution in [0.1, 0.15) is 24.0 Å². The second kappa shape index (κ2) is 7.19. The molecular formula is C24H24N6O. The van der Waals surface area contributed by atoms with E-state index in [4.69, 9.17) is 5.73 Å². The third-order valence-electron chi connectivity index (χ3n) is 6.21. The van der Waals surface area contributed by atoms with E-state index in [2.05, 4.69) is 27.3 Å². The first-order valence-corrected chi connectivity index (χ1v) is 10.3. The number of hydrogen-bond acceptors (Lipinski definition) is 5. The zero-order valence-electron chi connectivity index (χ0n) is 17.7. The highest BCUT2D eigenvalue weighted by molar-refractivity contribution is 5.99. The minimum Gasteiger partial charge on any atom is -0.383 e. The van der Waals surface area contributed by atoms with Crippen LogP contribution in [0, 0.1) is 18.8 Å². The van der Waals surface area contributed by atoms with Gasteiger partial charge in [-0.2, -0.15) is 5.10 Å². The van der Waals surface area contributed by atoms with Crippen molar-refractivity contribution in [1.82, 2.24) is 19.7 Å². The topological polar surface area (TPSA) is 98.7 Å². The van der Waals surface area contributed by atoms with Crippen LogP contribution in [0.2, 0.25) is 0 Å². The van der Waals surface area contributed by atoms with Crippen LogP contribution in [-0.2, 0) is 11.8 Å². The molecule has 0 radical (unpaired) electrons. The van der Waals surface area contributed by atoms with Crippen molar-refractivity contribution in [1.29, 1.82) is 0 Å². The number of nitrogen functional groups attached to an aromatic ring is 1. The van der Waals surface area contributed by atoms with E-state index in [-0.39, 0.29) is 23.7 Å². The van der Waals surface area contributed by atoms with E-state index in [1.165, 1.54) is 0 Å². The molecular weight excluding hydrogens is 388 g/mol. The van der Waals surface area contributed by atoms with Gasteiger partial charge in [-0.05, 0) is 41.5 Å². The number of aromatic nitrogens is 4. The number of rotatable bonds is 4. The summed E-state index contributed by atoms with van der Waals surface area (Å²) >= 11 is 0. The third-order valence-corrected chi connectivity index (χ3v) is 6.21. The zero-order chi connectivity index (χ0) is 21.7. The Labute approximate surface area is 180 Å². The maximum Gasteiger partial charge on any atom is 0.229 e. The Hall–Kier alpha value is -3.74. The molecule has 0 aliphatic heterocycles. The van der Waals surface area contributed by atoms with Gasteiger partial charge < -0.3 is 11.1 Å². The van der Waals surface area contributed by atoms with E-state index < -0.39 is 0 Å². The molecule has 4 aromatic rings. The molecule has 1 aromatic carbocycles. The first-order chi connectivity index (χ1) is 14.9. The lowest BCUT2D eigenvalue weighted by atomic mass is 10.0. The quantitative estimate of drug-likeness (QED) is 0.529. The number of carbonyl (C=O) groups excluding carboxylic acids is 1. The molecule has 3 aromatic heterocycles. The fraction of sp³-hybridized carbons (Fsp3) is 0.250. The highest BCUT2D eigenvalue weighted by atomic mass is 16.2. The molecule has 5 rings (SSSR count). The number of aryl methyl sites for hydroxylation is 2. The Balaban J connectivity index is 1.42. The number of nitrogens with one attached hydrogen (secondary N) is 1. The minimum absolute atomic E-state index is 0.0191. The molecule has 156 valence electrons. The Kier molecular flexibility index (Phi) is 4.46. The third kappa shape index (κ3) is 3.42. The van der Waals surface area contributed by atoms with Gasteiger partial charge in [0.15, 0.2) is 0 Å². The summed E-state index contributed by atoms with van der Waals surface area (Å²) in [6.45, 7) is 4.14. The molecule has 0 spiro atoms. The Bertz CT molecular complexity index is 1310. The number of carbonyl (C=O) groups is 1.